The van der Waals surface area contributed by atoms with Crippen LogP contribution in [-0.2, 0) is 11.2 Å². The van der Waals surface area contributed by atoms with Crippen molar-refractivity contribution in [3.63, 3.8) is 0 Å². The molecular formula is C26H21Cl2FN2O3. The van der Waals surface area contributed by atoms with E-state index in [1.165, 1.54) is 18.2 Å². The standard InChI is InChI=1S/C26H21Cl2FN2O3/c27-20-8-6-17(25(32)30-18-13-34-14-18)12-19(20)15-7-9-23-16(11-15)3-2-10-31(23)26(33)24-21(28)4-1-5-22(24)29/h1,4-9,11-12,18H,2-3,10,13-14H2,(H,30,32). The number of nitrogens with zero attached hydrogens (tertiary/aromatic N) is 1. The van der Waals surface area contributed by atoms with Crippen LogP contribution in [0.1, 0.15) is 32.7 Å². The Morgan fingerprint density at radius 2 is 1.85 bits per heavy atom. The molecule has 5 nitrogen and oxygen atoms in total. The number of halogens is 3. The van der Waals surface area contributed by atoms with Crippen LogP contribution in [0.25, 0.3) is 11.1 Å². The number of anilines is 1. The van der Waals surface area contributed by atoms with E-state index in [2.05, 4.69) is 5.32 Å². The summed E-state index contributed by atoms with van der Waals surface area (Å²) in [6, 6.07) is 15.1. The summed E-state index contributed by atoms with van der Waals surface area (Å²) >= 11 is 12.6. The molecule has 34 heavy (non-hydrogen) atoms. The van der Waals surface area contributed by atoms with Crippen molar-refractivity contribution in [3.8, 4) is 11.1 Å². The summed E-state index contributed by atoms with van der Waals surface area (Å²) < 4.78 is 19.5. The number of fused-ring (bicyclic) bond motifs is 1. The van der Waals surface area contributed by atoms with Gasteiger partial charge in [-0.05, 0) is 66.4 Å². The first-order valence-corrected chi connectivity index (χ1v) is 11.8. The first-order valence-electron chi connectivity index (χ1n) is 11.0. The van der Waals surface area contributed by atoms with Gasteiger partial charge in [0.1, 0.15) is 5.82 Å². The summed E-state index contributed by atoms with van der Waals surface area (Å²) in [5.41, 5.74) is 3.61. The van der Waals surface area contributed by atoms with Crippen molar-refractivity contribution in [1.82, 2.24) is 5.32 Å². The molecule has 0 unspecified atom stereocenters. The number of aryl methyl sites for hydroxylation is 1. The van der Waals surface area contributed by atoms with E-state index in [4.69, 9.17) is 27.9 Å². The van der Waals surface area contributed by atoms with Gasteiger partial charge in [-0.1, -0.05) is 35.3 Å². The minimum atomic E-state index is -0.642. The number of hydrogen-bond acceptors (Lipinski definition) is 3. The maximum absolute atomic E-state index is 14.4. The zero-order valence-electron chi connectivity index (χ0n) is 18.1. The van der Waals surface area contributed by atoms with Gasteiger partial charge in [0.25, 0.3) is 11.8 Å². The third-order valence-electron chi connectivity index (χ3n) is 6.13. The predicted molar refractivity (Wildman–Crippen MR) is 130 cm³/mol. The lowest BCUT2D eigenvalue weighted by Gasteiger charge is -2.30. The number of ether oxygens (including phenoxy) is 1. The van der Waals surface area contributed by atoms with E-state index in [-0.39, 0.29) is 22.5 Å². The topological polar surface area (TPSA) is 58.6 Å². The van der Waals surface area contributed by atoms with E-state index in [1.54, 1.807) is 23.1 Å². The van der Waals surface area contributed by atoms with Crippen LogP contribution in [0.3, 0.4) is 0 Å². The van der Waals surface area contributed by atoms with Crippen LogP contribution in [0.2, 0.25) is 10.0 Å². The normalized spacial score (nSPS) is 15.4. The fourth-order valence-electron chi connectivity index (χ4n) is 4.29. The quantitative estimate of drug-likeness (QED) is 0.515. The van der Waals surface area contributed by atoms with Gasteiger partial charge >= 0.3 is 0 Å². The Labute approximate surface area is 206 Å². The lowest BCUT2D eigenvalue weighted by Crippen LogP contribution is -2.48. The summed E-state index contributed by atoms with van der Waals surface area (Å²) in [6.07, 6.45) is 1.49. The molecule has 8 heteroatoms. The molecular weight excluding hydrogens is 478 g/mol. The highest BCUT2D eigenvalue weighted by atomic mass is 35.5. The Morgan fingerprint density at radius 3 is 2.59 bits per heavy atom. The summed E-state index contributed by atoms with van der Waals surface area (Å²) in [4.78, 5) is 27.3. The summed E-state index contributed by atoms with van der Waals surface area (Å²) in [7, 11) is 0. The van der Waals surface area contributed by atoms with Gasteiger partial charge in [0.2, 0.25) is 0 Å². The van der Waals surface area contributed by atoms with Gasteiger partial charge in [0.15, 0.2) is 0 Å². The van der Waals surface area contributed by atoms with Gasteiger partial charge in [-0.3, -0.25) is 9.59 Å². The molecule has 0 radical (unpaired) electrons. The van der Waals surface area contributed by atoms with Crippen LogP contribution in [0.5, 0.6) is 0 Å². The molecule has 0 aliphatic carbocycles. The number of carbonyl (C=O) groups excluding carboxylic acids is 2. The van der Waals surface area contributed by atoms with E-state index in [1.807, 2.05) is 18.2 Å². The number of amides is 2. The summed E-state index contributed by atoms with van der Waals surface area (Å²) in [6.45, 7) is 1.51. The lowest BCUT2D eigenvalue weighted by atomic mass is 9.94. The lowest BCUT2D eigenvalue weighted by molar-refractivity contribution is -0.00346. The Bertz CT molecular complexity index is 1270. The van der Waals surface area contributed by atoms with E-state index in [9.17, 15) is 14.0 Å². The van der Waals surface area contributed by atoms with E-state index >= 15 is 0 Å². The molecule has 2 amide bonds. The molecule has 174 valence electrons. The van der Waals surface area contributed by atoms with Gasteiger partial charge in [-0.2, -0.15) is 0 Å². The number of nitrogens with one attached hydrogen (secondary N) is 1. The largest absolute Gasteiger partial charge is 0.377 e. The van der Waals surface area contributed by atoms with Gasteiger partial charge in [-0.15, -0.1) is 0 Å². The molecule has 2 aliphatic rings. The van der Waals surface area contributed by atoms with Gasteiger partial charge in [0, 0.05) is 28.4 Å². The Kier molecular flexibility index (Phi) is 6.30. The highest BCUT2D eigenvalue weighted by Crippen LogP contribution is 2.36. The second-order valence-electron chi connectivity index (χ2n) is 8.40. The molecule has 0 aromatic heterocycles. The Hall–Kier alpha value is -2.93. The molecule has 2 heterocycles. The van der Waals surface area contributed by atoms with Crippen LogP contribution in [0.15, 0.2) is 54.6 Å². The average molecular weight is 499 g/mol. The number of benzene rings is 3. The highest BCUT2D eigenvalue weighted by molar-refractivity contribution is 6.34. The van der Waals surface area contributed by atoms with Crippen molar-refractivity contribution < 1.29 is 18.7 Å². The highest BCUT2D eigenvalue weighted by Gasteiger charge is 2.28. The second kappa shape index (κ2) is 9.37. The fourth-order valence-corrected chi connectivity index (χ4v) is 4.76. The van der Waals surface area contributed by atoms with Crippen molar-refractivity contribution in [2.24, 2.45) is 0 Å². The van der Waals surface area contributed by atoms with Crippen LogP contribution in [0.4, 0.5) is 10.1 Å². The molecule has 0 saturated carbocycles. The third kappa shape index (κ3) is 4.29. The zero-order chi connectivity index (χ0) is 23.8. The number of carbonyl (C=O) groups is 2. The fraction of sp³-hybridized carbons (Fsp3) is 0.231. The Balaban J connectivity index is 1.46. The Morgan fingerprint density at radius 1 is 1.03 bits per heavy atom. The van der Waals surface area contributed by atoms with Crippen molar-refractivity contribution in [2.75, 3.05) is 24.7 Å². The third-order valence-corrected chi connectivity index (χ3v) is 6.78. The monoisotopic (exact) mass is 498 g/mol. The van der Waals surface area contributed by atoms with Crippen LogP contribution in [0, 0.1) is 5.82 Å². The SMILES string of the molecule is O=C(NC1COC1)c1ccc(Cl)c(-c2ccc3c(c2)CCCN3C(=O)c2c(F)cccc2Cl)c1. The molecule has 5 rings (SSSR count). The first-order chi connectivity index (χ1) is 16.4. The molecule has 3 aromatic carbocycles. The van der Waals surface area contributed by atoms with Crippen molar-refractivity contribution in [3.05, 3.63) is 87.2 Å². The molecule has 1 saturated heterocycles. The second-order valence-corrected chi connectivity index (χ2v) is 9.22. The number of hydrogen-bond donors (Lipinski definition) is 1. The first kappa shape index (κ1) is 22.8. The summed E-state index contributed by atoms with van der Waals surface area (Å²) in [5.74, 6) is -1.28. The van der Waals surface area contributed by atoms with Crippen LogP contribution in [-0.4, -0.2) is 37.6 Å². The minimum absolute atomic E-state index is 0.0295. The van der Waals surface area contributed by atoms with Gasteiger partial charge < -0.3 is 15.0 Å². The molecule has 1 fully saturated rings. The molecule has 0 bridgehead atoms. The zero-order valence-corrected chi connectivity index (χ0v) is 19.6. The van der Waals surface area contributed by atoms with Crippen LogP contribution < -0.4 is 10.2 Å². The van der Waals surface area contributed by atoms with E-state index in [0.29, 0.717) is 36.0 Å². The van der Waals surface area contributed by atoms with Crippen molar-refractivity contribution in [1.29, 1.82) is 0 Å². The van der Waals surface area contributed by atoms with Crippen molar-refractivity contribution in [2.45, 2.75) is 18.9 Å². The van der Waals surface area contributed by atoms with Gasteiger partial charge in [0.05, 0.1) is 29.8 Å². The molecule has 2 aliphatic heterocycles. The van der Waals surface area contributed by atoms with Crippen molar-refractivity contribution >= 4 is 40.7 Å². The maximum Gasteiger partial charge on any atom is 0.262 e. The van der Waals surface area contributed by atoms with E-state index in [0.717, 1.165) is 29.5 Å². The maximum atomic E-state index is 14.4. The van der Waals surface area contributed by atoms with Crippen LogP contribution >= 0.6 is 23.2 Å². The molecule has 0 spiro atoms. The number of rotatable bonds is 4. The molecule has 0 atom stereocenters. The minimum Gasteiger partial charge on any atom is -0.377 e. The predicted octanol–water partition coefficient (Wildman–Crippen LogP) is 5.52. The smallest absolute Gasteiger partial charge is 0.262 e. The van der Waals surface area contributed by atoms with E-state index < -0.39 is 11.7 Å². The van der Waals surface area contributed by atoms with Gasteiger partial charge in [-0.25, -0.2) is 4.39 Å². The molecule has 3 aromatic rings. The average Bonchev–Trinajstić information content (AvgIpc) is 2.80. The molecule has 1 N–H and O–H groups in total. The summed E-state index contributed by atoms with van der Waals surface area (Å²) in [5, 5.41) is 3.54.